The number of hydrogen-bond donors (Lipinski definition) is 2. The predicted octanol–water partition coefficient (Wildman–Crippen LogP) is 1.66. The Bertz CT molecular complexity index is 422. The zero-order valence-corrected chi connectivity index (χ0v) is 11.3. The first-order valence-corrected chi connectivity index (χ1v) is 5.79. The summed E-state index contributed by atoms with van der Waals surface area (Å²) in [6.45, 7) is 1.78. The maximum absolute atomic E-state index is 12.0. The molecule has 3 N–H and O–H groups in total. The smallest absolute Gasteiger partial charge is 0.253 e. The number of benzene rings is 1. The van der Waals surface area contributed by atoms with Crippen molar-refractivity contribution >= 4 is 23.2 Å². The molecule has 18 heavy (non-hydrogen) atoms. The lowest BCUT2D eigenvalue weighted by molar-refractivity contribution is -0.117. The first-order valence-electron chi connectivity index (χ1n) is 5.41. The predicted molar refractivity (Wildman–Crippen MR) is 70.6 cm³/mol. The van der Waals surface area contributed by atoms with Crippen LogP contribution in [0.2, 0.25) is 5.02 Å². The average Bonchev–Trinajstić information content (AvgIpc) is 2.30. The van der Waals surface area contributed by atoms with Crippen LogP contribution in [0.4, 0.5) is 5.69 Å². The molecule has 1 aromatic carbocycles. The summed E-state index contributed by atoms with van der Waals surface area (Å²) in [6, 6.07) is 4.42. The van der Waals surface area contributed by atoms with Gasteiger partial charge in [0.2, 0.25) is 0 Å². The summed E-state index contributed by atoms with van der Waals surface area (Å²) < 4.78 is 10.1. The molecule has 0 saturated carbocycles. The summed E-state index contributed by atoms with van der Waals surface area (Å²) in [5.74, 6) is -0.296. The zero-order valence-electron chi connectivity index (χ0n) is 10.6. The van der Waals surface area contributed by atoms with Crippen molar-refractivity contribution < 1.29 is 14.3 Å². The van der Waals surface area contributed by atoms with Crippen molar-refractivity contribution in [2.24, 2.45) is 0 Å². The van der Waals surface area contributed by atoms with E-state index in [-0.39, 0.29) is 11.9 Å². The maximum Gasteiger partial charge on any atom is 0.253 e. The first kappa shape index (κ1) is 14.8. The highest BCUT2D eigenvalue weighted by atomic mass is 35.5. The summed E-state index contributed by atoms with van der Waals surface area (Å²) in [6.07, 6.45) is -0.512. The largest absolute Gasteiger partial charge is 0.398 e. The molecule has 0 aromatic heterocycles. The van der Waals surface area contributed by atoms with Gasteiger partial charge in [0.15, 0.2) is 6.29 Å². The van der Waals surface area contributed by atoms with E-state index in [1.807, 2.05) is 0 Å². The van der Waals surface area contributed by atoms with Gasteiger partial charge in [0.05, 0.1) is 11.6 Å². The topological polar surface area (TPSA) is 73.6 Å². The van der Waals surface area contributed by atoms with E-state index in [2.05, 4.69) is 5.32 Å². The van der Waals surface area contributed by atoms with Crippen molar-refractivity contribution in [3.63, 3.8) is 0 Å². The van der Waals surface area contributed by atoms with E-state index < -0.39 is 6.29 Å². The number of anilines is 1. The van der Waals surface area contributed by atoms with Crippen LogP contribution in [0.15, 0.2) is 18.2 Å². The summed E-state index contributed by atoms with van der Waals surface area (Å²) in [7, 11) is 3.01. The Morgan fingerprint density at radius 1 is 1.39 bits per heavy atom. The normalized spacial score (nSPS) is 12.5. The van der Waals surface area contributed by atoms with Crippen molar-refractivity contribution in [3.05, 3.63) is 28.8 Å². The highest BCUT2D eigenvalue weighted by molar-refractivity contribution is 6.31. The minimum absolute atomic E-state index is 0.296. The van der Waals surface area contributed by atoms with E-state index in [0.717, 1.165) is 0 Å². The molecular weight excluding hydrogens is 256 g/mol. The van der Waals surface area contributed by atoms with Crippen LogP contribution in [0.5, 0.6) is 0 Å². The quantitative estimate of drug-likeness (QED) is 0.632. The van der Waals surface area contributed by atoms with Gasteiger partial charge in [0, 0.05) is 24.9 Å². The van der Waals surface area contributed by atoms with Crippen LogP contribution >= 0.6 is 11.6 Å². The molecule has 6 heteroatoms. The molecule has 1 amide bonds. The van der Waals surface area contributed by atoms with E-state index in [4.69, 9.17) is 26.8 Å². The molecule has 0 aliphatic rings. The Kier molecular flexibility index (Phi) is 5.40. The number of hydrogen-bond acceptors (Lipinski definition) is 4. The molecule has 0 radical (unpaired) electrons. The number of ether oxygens (including phenoxy) is 2. The van der Waals surface area contributed by atoms with Gasteiger partial charge in [-0.2, -0.15) is 0 Å². The van der Waals surface area contributed by atoms with Crippen LogP contribution in [-0.4, -0.2) is 32.5 Å². The molecule has 0 saturated heterocycles. The maximum atomic E-state index is 12.0. The van der Waals surface area contributed by atoms with Crippen LogP contribution in [0.1, 0.15) is 17.3 Å². The summed E-state index contributed by atoms with van der Waals surface area (Å²) in [5, 5.41) is 3.24. The molecular formula is C12H17ClN2O3. The van der Waals surface area contributed by atoms with Gasteiger partial charge in [-0.25, -0.2) is 0 Å². The average molecular weight is 273 g/mol. The van der Waals surface area contributed by atoms with Crippen molar-refractivity contribution in [3.8, 4) is 0 Å². The zero-order chi connectivity index (χ0) is 13.7. The Hall–Kier alpha value is -1.30. The number of carbonyl (C=O) groups excluding carboxylic acids is 1. The fraction of sp³-hybridized carbons (Fsp3) is 0.417. The van der Waals surface area contributed by atoms with Gasteiger partial charge in [0.1, 0.15) is 0 Å². The molecule has 1 unspecified atom stereocenters. The summed E-state index contributed by atoms with van der Waals surface area (Å²) in [4.78, 5) is 12.0. The van der Waals surface area contributed by atoms with Crippen LogP contribution in [0.3, 0.4) is 0 Å². The number of nitrogens with two attached hydrogens (primary N) is 1. The SMILES string of the molecule is COC(OC)C(C)NC(=O)c1ccc(Cl)cc1N. The molecule has 0 aliphatic carbocycles. The molecule has 0 bridgehead atoms. The van der Waals surface area contributed by atoms with Crippen molar-refractivity contribution in [1.82, 2.24) is 5.32 Å². The lowest BCUT2D eigenvalue weighted by Crippen LogP contribution is -2.43. The van der Waals surface area contributed by atoms with E-state index in [0.29, 0.717) is 16.3 Å². The highest BCUT2D eigenvalue weighted by Crippen LogP contribution is 2.18. The van der Waals surface area contributed by atoms with Crippen molar-refractivity contribution in [2.45, 2.75) is 19.3 Å². The molecule has 5 nitrogen and oxygen atoms in total. The number of rotatable bonds is 5. The molecule has 1 aromatic rings. The molecule has 0 fully saturated rings. The third-order valence-corrected chi connectivity index (χ3v) is 2.72. The van der Waals surface area contributed by atoms with Crippen molar-refractivity contribution in [1.29, 1.82) is 0 Å². The van der Waals surface area contributed by atoms with Gasteiger partial charge in [-0.05, 0) is 25.1 Å². The van der Waals surface area contributed by atoms with Gasteiger partial charge >= 0.3 is 0 Å². The van der Waals surface area contributed by atoms with Crippen LogP contribution < -0.4 is 11.1 Å². The fourth-order valence-electron chi connectivity index (χ4n) is 1.60. The van der Waals surface area contributed by atoms with Crippen molar-refractivity contribution in [2.75, 3.05) is 20.0 Å². The van der Waals surface area contributed by atoms with Gasteiger partial charge in [-0.15, -0.1) is 0 Å². The summed E-state index contributed by atoms with van der Waals surface area (Å²) >= 11 is 5.77. The Morgan fingerprint density at radius 2 is 2.00 bits per heavy atom. The van der Waals surface area contributed by atoms with Gasteiger partial charge < -0.3 is 20.5 Å². The molecule has 1 atom stereocenters. The number of nitrogen functional groups attached to an aromatic ring is 1. The van der Waals surface area contributed by atoms with Gasteiger partial charge in [-0.3, -0.25) is 4.79 Å². The Morgan fingerprint density at radius 3 is 2.50 bits per heavy atom. The molecule has 0 aliphatic heterocycles. The molecule has 0 spiro atoms. The number of methoxy groups -OCH3 is 2. The number of amides is 1. The fourth-order valence-corrected chi connectivity index (χ4v) is 1.78. The molecule has 0 heterocycles. The van der Waals surface area contributed by atoms with Crippen LogP contribution in [-0.2, 0) is 9.47 Å². The molecule has 100 valence electrons. The van der Waals surface area contributed by atoms with Gasteiger partial charge in [0.25, 0.3) is 5.91 Å². The second-order valence-corrected chi connectivity index (χ2v) is 4.27. The molecule has 1 rings (SSSR count). The van der Waals surface area contributed by atoms with Gasteiger partial charge in [-0.1, -0.05) is 11.6 Å². The van der Waals surface area contributed by atoms with Crippen LogP contribution in [0.25, 0.3) is 0 Å². The third-order valence-electron chi connectivity index (χ3n) is 2.49. The lowest BCUT2D eigenvalue weighted by Gasteiger charge is -2.22. The number of halogens is 1. The summed E-state index contributed by atoms with van der Waals surface area (Å²) in [5.41, 5.74) is 6.44. The second kappa shape index (κ2) is 6.58. The Balaban J connectivity index is 2.76. The Labute approximate surface area is 111 Å². The van der Waals surface area contributed by atoms with E-state index in [1.54, 1.807) is 19.1 Å². The number of nitrogens with one attached hydrogen (secondary N) is 1. The lowest BCUT2D eigenvalue weighted by atomic mass is 10.1. The highest BCUT2D eigenvalue weighted by Gasteiger charge is 2.19. The van der Waals surface area contributed by atoms with Crippen LogP contribution in [0, 0.1) is 0 Å². The van der Waals surface area contributed by atoms with E-state index in [1.165, 1.54) is 20.3 Å². The minimum Gasteiger partial charge on any atom is -0.398 e. The standard InChI is InChI=1S/C12H17ClN2O3/c1-7(12(17-2)18-3)15-11(16)9-5-4-8(13)6-10(9)14/h4-7,12H,14H2,1-3H3,(H,15,16). The monoisotopic (exact) mass is 272 g/mol. The van der Waals surface area contributed by atoms with E-state index in [9.17, 15) is 4.79 Å². The second-order valence-electron chi connectivity index (χ2n) is 3.83. The number of carbonyl (C=O) groups is 1. The van der Waals surface area contributed by atoms with E-state index >= 15 is 0 Å². The minimum atomic E-state index is -0.512. The third kappa shape index (κ3) is 3.60. The first-order chi connectivity index (χ1) is 8.49.